The minimum absolute atomic E-state index is 0.101. The van der Waals surface area contributed by atoms with Gasteiger partial charge in [0.1, 0.15) is 11.4 Å². The fourth-order valence-electron chi connectivity index (χ4n) is 3.42. The Hall–Kier alpha value is -2.04. The molecule has 0 spiro atoms. The van der Waals surface area contributed by atoms with E-state index < -0.39 is 5.60 Å². The maximum atomic E-state index is 13.3. The van der Waals surface area contributed by atoms with Gasteiger partial charge in [-0.3, -0.25) is 0 Å². The molecule has 1 amide bonds. The number of carbonyl (C=O) groups excluding carboxylic acids is 1. The molecule has 1 aromatic carbocycles. The Morgan fingerprint density at radius 1 is 1.35 bits per heavy atom. The highest BCUT2D eigenvalue weighted by Crippen LogP contribution is 2.30. The number of hydrogen-bond donors (Lipinski definition) is 1. The summed E-state index contributed by atoms with van der Waals surface area (Å²) in [6.07, 6.45) is 3.39. The number of rotatable bonds is 2. The number of fused-ring (bicyclic) bond motifs is 1. The van der Waals surface area contributed by atoms with E-state index in [-0.39, 0.29) is 18.0 Å². The largest absolute Gasteiger partial charge is 0.444 e. The molecule has 4 nitrogen and oxygen atoms in total. The van der Waals surface area contributed by atoms with E-state index in [2.05, 4.69) is 11.9 Å². The van der Waals surface area contributed by atoms with Gasteiger partial charge in [0.2, 0.25) is 0 Å². The molecule has 1 saturated heterocycles. The van der Waals surface area contributed by atoms with Crippen molar-refractivity contribution in [3.8, 4) is 0 Å². The first-order valence-corrected chi connectivity index (χ1v) is 9.50. The molecular weight excluding hydrogens is 331 g/mol. The maximum absolute atomic E-state index is 13.3. The van der Waals surface area contributed by atoms with Crippen LogP contribution in [0.3, 0.4) is 0 Å². The Balaban J connectivity index is 0.00000117. The van der Waals surface area contributed by atoms with Crippen molar-refractivity contribution in [3.05, 3.63) is 35.8 Å². The third kappa shape index (κ3) is 4.57. The molecule has 3 rings (SSSR count). The van der Waals surface area contributed by atoms with Gasteiger partial charge in [-0.2, -0.15) is 0 Å². The number of nitrogens with zero attached hydrogens (tertiary/aromatic N) is 1. The predicted octanol–water partition coefficient (Wildman–Crippen LogP) is 5.52. The van der Waals surface area contributed by atoms with Crippen LogP contribution >= 0.6 is 0 Å². The Morgan fingerprint density at radius 2 is 2.04 bits per heavy atom. The molecule has 0 saturated carbocycles. The van der Waals surface area contributed by atoms with Crippen molar-refractivity contribution in [1.29, 1.82) is 0 Å². The van der Waals surface area contributed by atoms with E-state index in [0.29, 0.717) is 5.92 Å². The molecule has 2 aromatic rings. The van der Waals surface area contributed by atoms with Crippen LogP contribution in [0.5, 0.6) is 0 Å². The van der Waals surface area contributed by atoms with Crippen molar-refractivity contribution in [3.63, 3.8) is 0 Å². The lowest BCUT2D eigenvalue weighted by Crippen LogP contribution is -2.42. The van der Waals surface area contributed by atoms with Gasteiger partial charge in [-0.1, -0.05) is 20.8 Å². The smallest absolute Gasteiger partial charge is 0.410 e. The third-order valence-corrected chi connectivity index (χ3v) is 4.67. The van der Waals surface area contributed by atoms with E-state index in [1.165, 1.54) is 12.1 Å². The molecule has 5 heteroatoms. The molecule has 2 heterocycles. The molecule has 1 fully saturated rings. The van der Waals surface area contributed by atoms with Crippen molar-refractivity contribution in [1.82, 2.24) is 9.88 Å². The Labute approximate surface area is 155 Å². The fraction of sp³-hybridized carbons (Fsp3) is 0.571. The van der Waals surface area contributed by atoms with Crippen molar-refractivity contribution in [2.75, 3.05) is 6.54 Å². The number of nitrogens with one attached hydrogen (secondary N) is 1. The summed E-state index contributed by atoms with van der Waals surface area (Å²) in [4.78, 5) is 17.5. The number of aromatic amines is 1. The quantitative estimate of drug-likeness (QED) is 0.764. The van der Waals surface area contributed by atoms with Gasteiger partial charge in [-0.05, 0) is 63.3 Å². The van der Waals surface area contributed by atoms with Crippen molar-refractivity contribution < 1.29 is 13.9 Å². The summed E-state index contributed by atoms with van der Waals surface area (Å²) < 4.78 is 18.9. The summed E-state index contributed by atoms with van der Waals surface area (Å²) in [5, 5.41) is 1.01. The lowest BCUT2D eigenvalue weighted by atomic mass is 9.95. The number of hydrogen-bond acceptors (Lipinski definition) is 2. The lowest BCUT2D eigenvalue weighted by Gasteiger charge is -2.30. The van der Waals surface area contributed by atoms with Crippen molar-refractivity contribution in [2.45, 2.75) is 66.0 Å². The minimum Gasteiger partial charge on any atom is -0.444 e. The second-order valence-electron chi connectivity index (χ2n) is 7.71. The fourth-order valence-corrected chi connectivity index (χ4v) is 3.42. The van der Waals surface area contributed by atoms with Gasteiger partial charge in [-0.15, -0.1) is 0 Å². The SMILES string of the molecule is CC.C[C@H]1CCN(C(=O)OC(C)(C)C)C1Cc1c[nH]c2cc(F)ccc12. The summed E-state index contributed by atoms with van der Waals surface area (Å²) in [6.45, 7) is 12.5. The van der Waals surface area contributed by atoms with E-state index in [9.17, 15) is 9.18 Å². The van der Waals surface area contributed by atoms with Gasteiger partial charge in [0.05, 0.1) is 0 Å². The number of benzene rings is 1. The molecule has 1 aliphatic rings. The van der Waals surface area contributed by atoms with E-state index in [1.807, 2.05) is 45.7 Å². The number of halogens is 1. The van der Waals surface area contributed by atoms with Gasteiger partial charge in [-0.25, -0.2) is 9.18 Å². The van der Waals surface area contributed by atoms with E-state index in [4.69, 9.17) is 4.74 Å². The summed E-state index contributed by atoms with van der Waals surface area (Å²) >= 11 is 0. The predicted molar refractivity (Wildman–Crippen MR) is 104 cm³/mol. The molecular formula is C21H31FN2O2. The molecule has 1 aromatic heterocycles. The van der Waals surface area contributed by atoms with E-state index in [1.54, 1.807) is 6.07 Å². The Morgan fingerprint density at radius 3 is 2.69 bits per heavy atom. The second-order valence-corrected chi connectivity index (χ2v) is 7.71. The Bertz CT molecular complexity index is 748. The monoisotopic (exact) mass is 362 g/mol. The first-order valence-electron chi connectivity index (χ1n) is 9.50. The van der Waals surface area contributed by atoms with Gasteiger partial charge >= 0.3 is 6.09 Å². The van der Waals surface area contributed by atoms with E-state index >= 15 is 0 Å². The zero-order valence-electron chi connectivity index (χ0n) is 16.7. The summed E-state index contributed by atoms with van der Waals surface area (Å²) in [7, 11) is 0. The minimum atomic E-state index is -0.494. The molecule has 1 N–H and O–H groups in total. The van der Waals surface area contributed by atoms with Gasteiger partial charge < -0.3 is 14.6 Å². The normalized spacial score (nSPS) is 20.0. The van der Waals surface area contributed by atoms with Gasteiger partial charge in [0, 0.05) is 29.7 Å². The standard InChI is InChI=1S/C19H25FN2O2.C2H6/c1-12-7-8-22(18(23)24-19(2,3)4)17(12)9-13-11-21-16-10-14(20)5-6-15(13)16;1-2/h5-6,10-12,17,21H,7-9H2,1-4H3;1-2H3/t12-,17?;/m0./s1. The zero-order valence-corrected chi connectivity index (χ0v) is 16.7. The van der Waals surface area contributed by atoms with Crippen LogP contribution in [0.1, 0.15) is 53.5 Å². The molecule has 1 aliphatic heterocycles. The Kier molecular flexibility index (Phi) is 6.32. The first kappa shape index (κ1) is 20.3. The number of carbonyl (C=O) groups is 1. The van der Waals surface area contributed by atoms with Crippen LogP contribution in [-0.2, 0) is 11.2 Å². The molecule has 26 heavy (non-hydrogen) atoms. The second kappa shape index (κ2) is 8.11. The lowest BCUT2D eigenvalue weighted by molar-refractivity contribution is 0.0211. The zero-order chi connectivity index (χ0) is 19.5. The summed E-state index contributed by atoms with van der Waals surface area (Å²) in [5.74, 6) is 0.156. The van der Waals surface area contributed by atoms with Crippen LogP contribution in [-0.4, -0.2) is 34.2 Å². The number of ether oxygens (including phenoxy) is 1. The molecule has 144 valence electrons. The van der Waals surface area contributed by atoms with Crippen LogP contribution in [0.4, 0.5) is 9.18 Å². The van der Waals surface area contributed by atoms with Crippen LogP contribution < -0.4 is 0 Å². The summed E-state index contributed by atoms with van der Waals surface area (Å²) in [5.41, 5.74) is 1.41. The average molecular weight is 362 g/mol. The molecule has 0 aliphatic carbocycles. The number of amides is 1. The highest BCUT2D eigenvalue weighted by molar-refractivity contribution is 5.83. The molecule has 1 unspecified atom stereocenters. The first-order chi connectivity index (χ1) is 12.2. The molecule has 2 atom stereocenters. The van der Waals surface area contributed by atoms with Crippen molar-refractivity contribution >= 4 is 17.0 Å². The third-order valence-electron chi connectivity index (χ3n) is 4.67. The molecule has 0 radical (unpaired) electrons. The van der Waals surface area contributed by atoms with Gasteiger partial charge in [0.15, 0.2) is 0 Å². The van der Waals surface area contributed by atoms with Crippen LogP contribution in [0.15, 0.2) is 24.4 Å². The van der Waals surface area contributed by atoms with Crippen molar-refractivity contribution in [2.24, 2.45) is 5.92 Å². The topological polar surface area (TPSA) is 45.3 Å². The van der Waals surface area contributed by atoms with Crippen LogP contribution in [0.2, 0.25) is 0 Å². The molecule has 0 bridgehead atoms. The number of H-pyrrole nitrogens is 1. The highest BCUT2D eigenvalue weighted by atomic mass is 19.1. The summed E-state index contributed by atoms with van der Waals surface area (Å²) in [6, 6.07) is 4.88. The highest BCUT2D eigenvalue weighted by Gasteiger charge is 2.37. The van der Waals surface area contributed by atoms with Crippen LogP contribution in [0.25, 0.3) is 10.9 Å². The van der Waals surface area contributed by atoms with Gasteiger partial charge in [0.25, 0.3) is 0 Å². The van der Waals surface area contributed by atoms with Crippen LogP contribution in [0, 0.1) is 11.7 Å². The van der Waals surface area contributed by atoms with E-state index in [0.717, 1.165) is 35.9 Å². The number of likely N-dealkylation sites (tertiary alicyclic amines) is 1. The maximum Gasteiger partial charge on any atom is 0.410 e. The average Bonchev–Trinajstić information content (AvgIpc) is 3.12. The number of aromatic nitrogens is 1.